The summed E-state index contributed by atoms with van der Waals surface area (Å²) in [6.07, 6.45) is 5.47. The molecule has 5 heteroatoms. The molecule has 28 heavy (non-hydrogen) atoms. The van der Waals surface area contributed by atoms with Crippen molar-refractivity contribution in [2.75, 3.05) is 26.6 Å². The Morgan fingerprint density at radius 2 is 1.75 bits per heavy atom. The van der Waals surface area contributed by atoms with Crippen molar-refractivity contribution < 1.29 is 19.0 Å². The largest absolute Gasteiger partial charge is 0.493 e. The second kappa shape index (κ2) is 7.23. The molecule has 1 aliphatic heterocycles. The number of rotatable bonds is 5. The molecule has 0 radical (unpaired) electrons. The van der Waals surface area contributed by atoms with Crippen LogP contribution in [0.15, 0.2) is 42.5 Å². The standard InChI is InChI=1S/C23H25NO4/c1-13(25)14-8-9-19-18(10-14)16-6-5-7-17(16)22(24-19)15-11-20(26-2)23(28-4)21(12-15)27-3/h5-6,8-12,16-17,22,24H,7H2,1-4H3. The van der Waals surface area contributed by atoms with E-state index in [1.165, 1.54) is 5.56 Å². The lowest BCUT2D eigenvalue weighted by atomic mass is 9.76. The third kappa shape index (κ3) is 2.91. The van der Waals surface area contributed by atoms with Crippen LogP contribution in [0, 0.1) is 5.92 Å². The average molecular weight is 379 g/mol. The predicted octanol–water partition coefficient (Wildman–Crippen LogP) is 4.74. The van der Waals surface area contributed by atoms with Crippen LogP contribution in [0.2, 0.25) is 0 Å². The van der Waals surface area contributed by atoms with E-state index in [0.29, 0.717) is 23.2 Å². The van der Waals surface area contributed by atoms with Crippen LogP contribution in [0.1, 0.15) is 46.8 Å². The van der Waals surface area contributed by atoms with E-state index in [2.05, 4.69) is 17.5 Å². The first-order chi connectivity index (χ1) is 13.6. The fourth-order valence-corrected chi connectivity index (χ4v) is 4.42. The van der Waals surface area contributed by atoms with E-state index >= 15 is 0 Å². The summed E-state index contributed by atoms with van der Waals surface area (Å²) in [6.45, 7) is 1.61. The lowest BCUT2D eigenvalue weighted by molar-refractivity contribution is 0.101. The summed E-state index contributed by atoms with van der Waals surface area (Å²) in [7, 11) is 4.88. The molecule has 0 saturated heterocycles. The van der Waals surface area contributed by atoms with E-state index < -0.39 is 0 Å². The Bertz CT molecular complexity index is 925. The van der Waals surface area contributed by atoms with Crippen LogP contribution in [0.25, 0.3) is 0 Å². The number of allylic oxidation sites excluding steroid dienone is 2. The molecule has 1 heterocycles. The first-order valence-corrected chi connectivity index (χ1v) is 9.45. The van der Waals surface area contributed by atoms with Crippen molar-refractivity contribution in [2.45, 2.75) is 25.3 Å². The molecule has 146 valence electrons. The second-order valence-electron chi connectivity index (χ2n) is 7.29. The van der Waals surface area contributed by atoms with E-state index in [4.69, 9.17) is 14.2 Å². The van der Waals surface area contributed by atoms with Crippen LogP contribution >= 0.6 is 0 Å². The Labute approximate surface area is 165 Å². The zero-order valence-electron chi connectivity index (χ0n) is 16.6. The van der Waals surface area contributed by atoms with Crippen molar-refractivity contribution in [1.29, 1.82) is 0 Å². The van der Waals surface area contributed by atoms with Crippen LogP contribution in [0.5, 0.6) is 17.2 Å². The predicted molar refractivity (Wildman–Crippen MR) is 109 cm³/mol. The molecular weight excluding hydrogens is 354 g/mol. The number of methoxy groups -OCH3 is 3. The van der Waals surface area contributed by atoms with E-state index in [9.17, 15) is 4.79 Å². The number of Topliss-reactive ketones (excluding diaryl/α,β-unsaturated/α-hetero) is 1. The van der Waals surface area contributed by atoms with Gasteiger partial charge in [0.25, 0.3) is 0 Å². The number of ether oxygens (including phenoxy) is 3. The van der Waals surface area contributed by atoms with Gasteiger partial charge in [-0.15, -0.1) is 0 Å². The number of carbonyl (C=O) groups excluding carboxylic acids is 1. The van der Waals surface area contributed by atoms with Crippen LogP contribution < -0.4 is 19.5 Å². The first kappa shape index (κ1) is 18.4. The highest BCUT2D eigenvalue weighted by atomic mass is 16.5. The highest BCUT2D eigenvalue weighted by Crippen LogP contribution is 2.51. The van der Waals surface area contributed by atoms with Crippen molar-refractivity contribution in [3.63, 3.8) is 0 Å². The number of ketones is 1. The molecule has 3 unspecified atom stereocenters. The number of fused-ring (bicyclic) bond motifs is 3. The summed E-state index contributed by atoms with van der Waals surface area (Å²) >= 11 is 0. The SMILES string of the molecule is COc1cc(C2Nc3ccc(C(C)=O)cc3C3C=CCC32)cc(OC)c1OC. The van der Waals surface area contributed by atoms with E-state index in [0.717, 1.165) is 23.2 Å². The number of carbonyl (C=O) groups is 1. The van der Waals surface area contributed by atoms with Crippen molar-refractivity contribution >= 4 is 11.5 Å². The number of benzene rings is 2. The highest BCUT2D eigenvalue weighted by Gasteiger charge is 2.38. The van der Waals surface area contributed by atoms with Crippen LogP contribution in [0.4, 0.5) is 5.69 Å². The zero-order valence-corrected chi connectivity index (χ0v) is 16.6. The third-order valence-corrected chi connectivity index (χ3v) is 5.82. The van der Waals surface area contributed by atoms with Gasteiger partial charge < -0.3 is 19.5 Å². The number of hydrogen-bond acceptors (Lipinski definition) is 5. The van der Waals surface area contributed by atoms with Crippen LogP contribution in [-0.4, -0.2) is 27.1 Å². The number of hydrogen-bond donors (Lipinski definition) is 1. The quantitative estimate of drug-likeness (QED) is 0.601. The zero-order chi connectivity index (χ0) is 19.8. The minimum atomic E-state index is 0.0908. The third-order valence-electron chi connectivity index (χ3n) is 5.82. The Morgan fingerprint density at radius 1 is 1.04 bits per heavy atom. The minimum Gasteiger partial charge on any atom is -0.493 e. The average Bonchev–Trinajstić information content (AvgIpc) is 3.21. The number of anilines is 1. The van der Waals surface area contributed by atoms with Gasteiger partial charge in [-0.05, 0) is 60.7 Å². The van der Waals surface area contributed by atoms with Crippen molar-refractivity contribution in [1.82, 2.24) is 0 Å². The van der Waals surface area contributed by atoms with Gasteiger partial charge in [-0.1, -0.05) is 12.2 Å². The molecule has 0 saturated carbocycles. The normalized spacial score (nSPS) is 22.1. The van der Waals surface area contributed by atoms with Gasteiger partial charge in [0.15, 0.2) is 17.3 Å². The van der Waals surface area contributed by atoms with Crippen LogP contribution in [-0.2, 0) is 0 Å². The van der Waals surface area contributed by atoms with Gasteiger partial charge in [0.2, 0.25) is 5.75 Å². The van der Waals surface area contributed by atoms with Crippen molar-refractivity contribution in [2.24, 2.45) is 5.92 Å². The molecule has 4 rings (SSSR count). The molecule has 0 spiro atoms. The van der Waals surface area contributed by atoms with E-state index in [-0.39, 0.29) is 17.7 Å². The topological polar surface area (TPSA) is 56.8 Å². The summed E-state index contributed by atoms with van der Waals surface area (Å²) in [4.78, 5) is 11.8. The van der Waals surface area contributed by atoms with Gasteiger partial charge in [0, 0.05) is 17.2 Å². The van der Waals surface area contributed by atoms with Gasteiger partial charge in [0.1, 0.15) is 0 Å². The van der Waals surface area contributed by atoms with Gasteiger partial charge in [-0.2, -0.15) is 0 Å². The van der Waals surface area contributed by atoms with Gasteiger partial charge >= 0.3 is 0 Å². The molecule has 0 amide bonds. The maximum atomic E-state index is 11.8. The summed E-state index contributed by atoms with van der Waals surface area (Å²) in [5.41, 5.74) is 4.10. The summed E-state index contributed by atoms with van der Waals surface area (Å²) in [5, 5.41) is 3.69. The van der Waals surface area contributed by atoms with Crippen molar-refractivity contribution in [3.8, 4) is 17.2 Å². The molecule has 0 bridgehead atoms. The Balaban J connectivity index is 1.79. The maximum Gasteiger partial charge on any atom is 0.203 e. The Morgan fingerprint density at radius 3 is 2.36 bits per heavy atom. The molecule has 5 nitrogen and oxygen atoms in total. The summed E-state index contributed by atoms with van der Waals surface area (Å²) in [6, 6.07) is 10.1. The van der Waals surface area contributed by atoms with Crippen molar-refractivity contribution in [3.05, 3.63) is 59.2 Å². The molecule has 2 aromatic rings. The monoisotopic (exact) mass is 379 g/mol. The molecule has 2 aliphatic rings. The van der Waals surface area contributed by atoms with E-state index in [1.54, 1.807) is 28.3 Å². The summed E-state index contributed by atoms with van der Waals surface area (Å²) in [5.74, 6) is 2.63. The Hall–Kier alpha value is -2.95. The molecular formula is C23H25NO4. The smallest absolute Gasteiger partial charge is 0.203 e. The second-order valence-corrected chi connectivity index (χ2v) is 7.29. The molecule has 1 N–H and O–H groups in total. The fourth-order valence-electron chi connectivity index (χ4n) is 4.42. The lowest BCUT2D eigenvalue weighted by Gasteiger charge is -2.38. The molecule has 1 aliphatic carbocycles. The molecule has 2 aromatic carbocycles. The van der Waals surface area contributed by atoms with Gasteiger partial charge in [-0.25, -0.2) is 0 Å². The Kier molecular flexibility index (Phi) is 4.75. The molecule has 0 fully saturated rings. The van der Waals surface area contributed by atoms with Gasteiger partial charge in [-0.3, -0.25) is 4.79 Å². The molecule has 3 atom stereocenters. The molecule has 0 aromatic heterocycles. The summed E-state index contributed by atoms with van der Waals surface area (Å²) < 4.78 is 16.6. The van der Waals surface area contributed by atoms with E-state index in [1.807, 2.05) is 30.3 Å². The maximum absolute atomic E-state index is 11.8. The first-order valence-electron chi connectivity index (χ1n) is 9.45. The highest BCUT2D eigenvalue weighted by molar-refractivity contribution is 5.95. The minimum absolute atomic E-state index is 0.0908. The van der Waals surface area contributed by atoms with Gasteiger partial charge in [0.05, 0.1) is 27.4 Å². The lowest BCUT2D eigenvalue weighted by Crippen LogP contribution is -2.29. The van der Waals surface area contributed by atoms with Crippen LogP contribution in [0.3, 0.4) is 0 Å². The number of nitrogens with one attached hydrogen (secondary N) is 1. The fraction of sp³-hybridized carbons (Fsp3) is 0.348.